The number of imidazole rings is 1. The summed E-state index contributed by atoms with van der Waals surface area (Å²) in [5.41, 5.74) is 3.97. The van der Waals surface area contributed by atoms with Crippen molar-refractivity contribution in [2.45, 2.75) is 25.6 Å². The maximum Gasteiger partial charge on any atom is 0.244 e. The minimum Gasteiger partial charge on any atom is -0.335 e. The van der Waals surface area contributed by atoms with Gasteiger partial charge in [0.15, 0.2) is 5.82 Å². The summed E-state index contributed by atoms with van der Waals surface area (Å²) in [5.74, 6) is 0.998. The normalized spacial score (nSPS) is 19.4. The number of carbonyl (C=O) groups excluding carboxylic acids is 1. The van der Waals surface area contributed by atoms with Gasteiger partial charge >= 0.3 is 0 Å². The lowest BCUT2D eigenvalue weighted by Crippen LogP contribution is -2.43. The molecule has 1 N–H and O–H groups in total. The molecule has 0 bridgehead atoms. The van der Waals surface area contributed by atoms with Gasteiger partial charge in [0, 0.05) is 26.7 Å². The van der Waals surface area contributed by atoms with Gasteiger partial charge in [-0.3, -0.25) is 14.8 Å². The number of aryl methyl sites for hydroxylation is 2. The summed E-state index contributed by atoms with van der Waals surface area (Å²) in [5, 5.41) is 8.01. The molecule has 0 aliphatic carbocycles. The lowest BCUT2D eigenvalue weighted by molar-refractivity contribution is -0.132. The van der Waals surface area contributed by atoms with E-state index in [0.29, 0.717) is 6.54 Å². The Hall–Kier alpha value is -2.93. The number of carbonyl (C=O) groups is 1. The van der Waals surface area contributed by atoms with Gasteiger partial charge in [-0.25, -0.2) is 4.98 Å². The summed E-state index contributed by atoms with van der Waals surface area (Å²) in [7, 11) is 2.02. The smallest absolute Gasteiger partial charge is 0.244 e. The first-order valence-corrected chi connectivity index (χ1v) is 9.38. The average Bonchev–Trinajstić information content (AvgIpc) is 3.39. The maximum atomic E-state index is 12.8. The van der Waals surface area contributed by atoms with Crippen LogP contribution in [0.15, 0.2) is 42.5 Å². The second-order valence-corrected chi connectivity index (χ2v) is 7.15. The molecular weight excluding hydrogens is 340 g/mol. The molecule has 3 aromatic rings. The van der Waals surface area contributed by atoms with E-state index in [4.69, 9.17) is 10.1 Å². The summed E-state index contributed by atoms with van der Waals surface area (Å²) in [4.78, 5) is 19.5. The molecule has 0 saturated carbocycles. The van der Waals surface area contributed by atoms with Crippen molar-refractivity contribution in [2.75, 3.05) is 13.1 Å². The van der Waals surface area contributed by atoms with Crippen molar-refractivity contribution >= 4 is 16.9 Å². The number of nitrogens with zero attached hydrogens (tertiary/aromatic N) is 5. The summed E-state index contributed by atoms with van der Waals surface area (Å²) < 4.78 is 4.10. The lowest BCUT2D eigenvalue weighted by Gasteiger charge is -2.23. The van der Waals surface area contributed by atoms with E-state index >= 15 is 0 Å². The zero-order chi connectivity index (χ0) is 18.4. The SMILES string of the molecule is Cn1c(-c2cc3n(n2)CCCN(C(=O)[C@@H]2C=CCN2)C3)nc2ccccc21. The van der Waals surface area contributed by atoms with Crippen molar-refractivity contribution in [2.24, 2.45) is 7.05 Å². The molecule has 4 heterocycles. The van der Waals surface area contributed by atoms with E-state index in [2.05, 4.69) is 22.0 Å². The van der Waals surface area contributed by atoms with Gasteiger partial charge in [-0.2, -0.15) is 5.10 Å². The Morgan fingerprint density at radius 3 is 2.96 bits per heavy atom. The number of para-hydroxylation sites is 2. The van der Waals surface area contributed by atoms with Crippen LogP contribution in [0.2, 0.25) is 0 Å². The number of hydrogen-bond donors (Lipinski definition) is 1. The predicted molar refractivity (Wildman–Crippen MR) is 103 cm³/mol. The fourth-order valence-electron chi connectivity index (χ4n) is 3.97. The van der Waals surface area contributed by atoms with Crippen LogP contribution in [0.3, 0.4) is 0 Å². The lowest BCUT2D eigenvalue weighted by atomic mass is 10.2. The molecule has 0 spiro atoms. The zero-order valence-electron chi connectivity index (χ0n) is 15.3. The standard InChI is InChI=1S/C20H22N6O/c1-24-18-8-3-2-6-15(18)22-19(24)17-12-14-13-25(10-5-11-26(14)23-17)20(27)16-7-4-9-21-16/h2-4,6-8,12,16,21H,5,9-11,13H2,1H3/t16-/m0/s1. The highest BCUT2D eigenvalue weighted by atomic mass is 16.2. The van der Waals surface area contributed by atoms with Crippen LogP contribution in [-0.2, 0) is 24.9 Å². The van der Waals surface area contributed by atoms with Crippen molar-refractivity contribution in [1.29, 1.82) is 0 Å². The summed E-state index contributed by atoms with van der Waals surface area (Å²) in [6, 6.07) is 9.98. The molecule has 27 heavy (non-hydrogen) atoms. The molecule has 5 rings (SSSR count). The van der Waals surface area contributed by atoms with Crippen molar-refractivity contribution < 1.29 is 4.79 Å². The Labute approximate surface area is 157 Å². The number of hydrogen-bond acceptors (Lipinski definition) is 4. The zero-order valence-corrected chi connectivity index (χ0v) is 15.3. The molecule has 7 nitrogen and oxygen atoms in total. The molecule has 2 aromatic heterocycles. The molecule has 0 unspecified atom stereocenters. The Kier molecular flexibility index (Phi) is 3.82. The average molecular weight is 362 g/mol. The highest BCUT2D eigenvalue weighted by molar-refractivity contribution is 5.84. The summed E-state index contributed by atoms with van der Waals surface area (Å²) >= 11 is 0. The van der Waals surface area contributed by atoms with Crippen molar-refractivity contribution in [1.82, 2.24) is 29.5 Å². The van der Waals surface area contributed by atoms with Crippen LogP contribution >= 0.6 is 0 Å². The van der Waals surface area contributed by atoms with Gasteiger partial charge in [0.1, 0.15) is 11.7 Å². The number of aromatic nitrogens is 4. The first-order chi connectivity index (χ1) is 13.2. The Morgan fingerprint density at radius 2 is 2.15 bits per heavy atom. The molecule has 7 heteroatoms. The Morgan fingerprint density at radius 1 is 1.26 bits per heavy atom. The van der Waals surface area contributed by atoms with E-state index in [1.807, 2.05) is 47.0 Å². The molecule has 0 saturated heterocycles. The minimum absolute atomic E-state index is 0.141. The van der Waals surface area contributed by atoms with Gasteiger partial charge < -0.3 is 9.47 Å². The van der Waals surface area contributed by atoms with Crippen LogP contribution in [0.4, 0.5) is 0 Å². The highest BCUT2D eigenvalue weighted by Gasteiger charge is 2.27. The summed E-state index contributed by atoms with van der Waals surface area (Å²) in [6.45, 7) is 2.92. The second kappa shape index (κ2) is 6.35. The molecule has 2 aliphatic rings. The van der Waals surface area contributed by atoms with Gasteiger partial charge in [-0.1, -0.05) is 24.3 Å². The van der Waals surface area contributed by atoms with Crippen molar-refractivity contribution in [3.63, 3.8) is 0 Å². The number of amides is 1. The third kappa shape index (κ3) is 2.75. The molecule has 2 aliphatic heterocycles. The monoisotopic (exact) mass is 362 g/mol. The number of nitrogens with one attached hydrogen (secondary N) is 1. The molecular formula is C20H22N6O. The largest absolute Gasteiger partial charge is 0.335 e. The first-order valence-electron chi connectivity index (χ1n) is 9.38. The van der Waals surface area contributed by atoms with Gasteiger partial charge in [0.2, 0.25) is 5.91 Å². The summed E-state index contributed by atoms with van der Waals surface area (Å²) in [6.07, 6.45) is 4.86. The number of rotatable bonds is 2. The maximum absolute atomic E-state index is 12.8. The second-order valence-electron chi connectivity index (χ2n) is 7.15. The third-order valence-corrected chi connectivity index (χ3v) is 5.39. The van der Waals surface area contributed by atoms with Crippen LogP contribution in [0.1, 0.15) is 12.1 Å². The van der Waals surface area contributed by atoms with Gasteiger partial charge in [0.25, 0.3) is 0 Å². The van der Waals surface area contributed by atoms with E-state index in [9.17, 15) is 4.79 Å². The molecule has 0 radical (unpaired) electrons. The van der Waals surface area contributed by atoms with Gasteiger partial charge in [-0.15, -0.1) is 0 Å². The topological polar surface area (TPSA) is 68.0 Å². The van der Waals surface area contributed by atoms with E-state index in [0.717, 1.165) is 54.3 Å². The Balaban J connectivity index is 1.47. The molecule has 138 valence electrons. The van der Waals surface area contributed by atoms with Crippen LogP contribution < -0.4 is 5.32 Å². The fraction of sp³-hybridized carbons (Fsp3) is 0.350. The quantitative estimate of drug-likeness (QED) is 0.705. The first kappa shape index (κ1) is 16.3. The van der Waals surface area contributed by atoms with Crippen molar-refractivity contribution in [3.8, 4) is 11.5 Å². The molecule has 0 fully saturated rings. The van der Waals surface area contributed by atoms with Gasteiger partial charge in [-0.05, 0) is 24.6 Å². The molecule has 1 atom stereocenters. The van der Waals surface area contributed by atoms with E-state index in [-0.39, 0.29) is 11.9 Å². The predicted octanol–water partition coefficient (Wildman–Crippen LogP) is 1.70. The van der Waals surface area contributed by atoms with Gasteiger partial charge in [0.05, 0.1) is 23.3 Å². The van der Waals surface area contributed by atoms with Crippen LogP contribution in [0.25, 0.3) is 22.6 Å². The van der Waals surface area contributed by atoms with E-state index in [1.54, 1.807) is 0 Å². The molecule has 1 amide bonds. The third-order valence-electron chi connectivity index (χ3n) is 5.39. The Bertz CT molecular complexity index is 1050. The molecule has 1 aromatic carbocycles. The van der Waals surface area contributed by atoms with Crippen LogP contribution in [-0.4, -0.2) is 49.3 Å². The highest BCUT2D eigenvalue weighted by Crippen LogP contribution is 2.25. The van der Waals surface area contributed by atoms with Crippen LogP contribution in [0.5, 0.6) is 0 Å². The van der Waals surface area contributed by atoms with Crippen LogP contribution in [0, 0.1) is 0 Å². The number of fused-ring (bicyclic) bond motifs is 2. The fourth-order valence-corrected chi connectivity index (χ4v) is 3.97. The van der Waals surface area contributed by atoms with E-state index in [1.165, 1.54) is 0 Å². The van der Waals surface area contributed by atoms with Crippen molar-refractivity contribution in [3.05, 3.63) is 48.2 Å². The number of benzene rings is 1. The van der Waals surface area contributed by atoms with E-state index < -0.39 is 0 Å². The minimum atomic E-state index is -0.196.